The molecule has 0 spiro atoms. The standard InChI is InChI=1S/C15H20FN3/c1-3-17-14(15-9-10-18-19(15)4-2)11-12-7-5-6-8-13(12)16/h5-10,14,17H,3-4,11H2,1-2H3. The summed E-state index contributed by atoms with van der Waals surface area (Å²) < 4.78 is 15.7. The average Bonchev–Trinajstić information content (AvgIpc) is 2.89. The van der Waals surface area contributed by atoms with Crippen molar-refractivity contribution in [1.29, 1.82) is 0 Å². The van der Waals surface area contributed by atoms with Crippen LogP contribution in [-0.4, -0.2) is 16.3 Å². The number of hydrogen-bond donors (Lipinski definition) is 1. The summed E-state index contributed by atoms with van der Waals surface area (Å²) in [4.78, 5) is 0. The summed E-state index contributed by atoms with van der Waals surface area (Å²) in [5, 5.41) is 7.69. The molecule has 19 heavy (non-hydrogen) atoms. The van der Waals surface area contributed by atoms with E-state index in [0.29, 0.717) is 6.42 Å². The molecule has 2 rings (SSSR count). The number of nitrogens with one attached hydrogen (secondary N) is 1. The van der Waals surface area contributed by atoms with Crippen LogP contribution in [0.5, 0.6) is 0 Å². The molecule has 0 amide bonds. The normalized spacial score (nSPS) is 12.6. The third kappa shape index (κ3) is 3.20. The smallest absolute Gasteiger partial charge is 0.126 e. The molecule has 3 nitrogen and oxygen atoms in total. The minimum atomic E-state index is -0.145. The van der Waals surface area contributed by atoms with E-state index in [0.717, 1.165) is 24.3 Å². The summed E-state index contributed by atoms with van der Waals surface area (Å²) in [7, 11) is 0. The molecule has 1 aromatic heterocycles. The Hall–Kier alpha value is -1.68. The Balaban J connectivity index is 2.24. The van der Waals surface area contributed by atoms with Crippen molar-refractivity contribution in [2.45, 2.75) is 32.9 Å². The molecule has 0 fully saturated rings. The van der Waals surface area contributed by atoms with Crippen LogP contribution < -0.4 is 5.32 Å². The van der Waals surface area contributed by atoms with E-state index in [1.165, 1.54) is 6.07 Å². The summed E-state index contributed by atoms with van der Waals surface area (Å²) in [6.07, 6.45) is 2.43. The van der Waals surface area contributed by atoms with Crippen LogP contribution in [0, 0.1) is 5.82 Å². The van der Waals surface area contributed by atoms with Gasteiger partial charge in [-0.2, -0.15) is 5.10 Å². The number of aryl methyl sites for hydroxylation is 1. The van der Waals surface area contributed by atoms with Gasteiger partial charge in [0.2, 0.25) is 0 Å². The lowest BCUT2D eigenvalue weighted by molar-refractivity contribution is 0.481. The van der Waals surface area contributed by atoms with Crippen LogP contribution in [0.25, 0.3) is 0 Å². The van der Waals surface area contributed by atoms with Gasteiger partial charge in [0.1, 0.15) is 5.82 Å². The lowest BCUT2D eigenvalue weighted by Gasteiger charge is -2.19. The van der Waals surface area contributed by atoms with Crippen molar-refractivity contribution in [2.75, 3.05) is 6.54 Å². The maximum absolute atomic E-state index is 13.8. The first-order chi connectivity index (χ1) is 9.26. The van der Waals surface area contributed by atoms with Gasteiger partial charge in [-0.05, 0) is 37.6 Å². The first-order valence-electron chi connectivity index (χ1n) is 6.74. The molecule has 1 unspecified atom stereocenters. The topological polar surface area (TPSA) is 29.9 Å². The quantitative estimate of drug-likeness (QED) is 0.866. The molecule has 0 bridgehead atoms. The van der Waals surface area contributed by atoms with Gasteiger partial charge in [0.15, 0.2) is 0 Å². The number of likely N-dealkylation sites (N-methyl/N-ethyl adjacent to an activating group) is 1. The zero-order valence-corrected chi connectivity index (χ0v) is 11.4. The number of rotatable bonds is 6. The second kappa shape index (κ2) is 6.48. The van der Waals surface area contributed by atoms with Crippen molar-refractivity contribution in [3.8, 4) is 0 Å². The Morgan fingerprint density at radius 1 is 1.26 bits per heavy atom. The highest BCUT2D eigenvalue weighted by molar-refractivity contribution is 5.21. The van der Waals surface area contributed by atoms with Crippen LogP contribution in [0.3, 0.4) is 0 Å². The number of benzene rings is 1. The Labute approximate surface area is 113 Å². The highest BCUT2D eigenvalue weighted by Crippen LogP contribution is 2.20. The second-order valence-electron chi connectivity index (χ2n) is 4.48. The molecule has 0 aliphatic carbocycles. The van der Waals surface area contributed by atoms with E-state index in [1.807, 2.05) is 22.9 Å². The number of nitrogens with zero attached hydrogens (tertiary/aromatic N) is 2. The highest BCUT2D eigenvalue weighted by atomic mass is 19.1. The van der Waals surface area contributed by atoms with Crippen LogP contribution in [0.15, 0.2) is 36.5 Å². The van der Waals surface area contributed by atoms with Crippen molar-refractivity contribution >= 4 is 0 Å². The summed E-state index contributed by atoms with van der Waals surface area (Å²) in [5.41, 5.74) is 1.84. The van der Waals surface area contributed by atoms with E-state index in [2.05, 4.69) is 24.3 Å². The van der Waals surface area contributed by atoms with Gasteiger partial charge in [-0.3, -0.25) is 4.68 Å². The maximum Gasteiger partial charge on any atom is 0.126 e. The van der Waals surface area contributed by atoms with Crippen LogP contribution in [0.1, 0.15) is 31.1 Å². The second-order valence-corrected chi connectivity index (χ2v) is 4.48. The molecule has 1 heterocycles. The highest BCUT2D eigenvalue weighted by Gasteiger charge is 2.16. The maximum atomic E-state index is 13.8. The monoisotopic (exact) mass is 261 g/mol. The van der Waals surface area contributed by atoms with Crippen LogP contribution in [-0.2, 0) is 13.0 Å². The average molecular weight is 261 g/mol. The van der Waals surface area contributed by atoms with E-state index in [9.17, 15) is 4.39 Å². The Morgan fingerprint density at radius 2 is 2.05 bits per heavy atom. The fraction of sp³-hybridized carbons (Fsp3) is 0.400. The molecule has 2 aromatic rings. The largest absolute Gasteiger partial charge is 0.309 e. The van der Waals surface area contributed by atoms with Gasteiger partial charge >= 0.3 is 0 Å². The van der Waals surface area contributed by atoms with Crippen molar-refractivity contribution in [3.63, 3.8) is 0 Å². The molecule has 1 N–H and O–H groups in total. The van der Waals surface area contributed by atoms with Crippen LogP contribution in [0.4, 0.5) is 4.39 Å². The van der Waals surface area contributed by atoms with Crippen molar-refractivity contribution in [1.82, 2.24) is 15.1 Å². The summed E-state index contributed by atoms with van der Waals surface area (Å²) in [6.45, 7) is 5.78. The fourth-order valence-electron chi connectivity index (χ4n) is 2.31. The fourth-order valence-corrected chi connectivity index (χ4v) is 2.31. The van der Waals surface area contributed by atoms with Gasteiger partial charge in [-0.25, -0.2) is 4.39 Å². The molecule has 0 aliphatic rings. The van der Waals surface area contributed by atoms with E-state index in [-0.39, 0.29) is 11.9 Å². The summed E-state index contributed by atoms with van der Waals surface area (Å²) >= 11 is 0. The minimum Gasteiger partial charge on any atom is -0.309 e. The first kappa shape index (κ1) is 13.7. The molecule has 0 saturated carbocycles. The molecule has 0 radical (unpaired) electrons. The number of halogens is 1. The lowest BCUT2D eigenvalue weighted by Crippen LogP contribution is -2.26. The molecule has 0 saturated heterocycles. The Kier molecular flexibility index (Phi) is 4.68. The van der Waals surface area contributed by atoms with Crippen LogP contribution in [0.2, 0.25) is 0 Å². The van der Waals surface area contributed by atoms with Crippen molar-refractivity contribution < 1.29 is 4.39 Å². The molecular weight excluding hydrogens is 241 g/mol. The predicted octanol–water partition coefficient (Wildman–Crippen LogP) is 2.94. The summed E-state index contributed by atoms with van der Waals surface area (Å²) in [6, 6.07) is 9.03. The van der Waals surface area contributed by atoms with Gasteiger partial charge in [-0.1, -0.05) is 25.1 Å². The van der Waals surface area contributed by atoms with E-state index >= 15 is 0 Å². The van der Waals surface area contributed by atoms with Gasteiger partial charge in [0.05, 0.1) is 11.7 Å². The van der Waals surface area contributed by atoms with Crippen LogP contribution >= 0.6 is 0 Å². The van der Waals surface area contributed by atoms with E-state index in [1.54, 1.807) is 12.3 Å². The van der Waals surface area contributed by atoms with Crippen molar-refractivity contribution in [3.05, 3.63) is 53.6 Å². The van der Waals surface area contributed by atoms with Crippen molar-refractivity contribution in [2.24, 2.45) is 0 Å². The predicted molar refractivity (Wildman–Crippen MR) is 74.4 cm³/mol. The third-order valence-corrected chi connectivity index (χ3v) is 3.24. The first-order valence-corrected chi connectivity index (χ1v) is 6.74. The van der Waals surface area contributed by atoms with Gasteiger partial charge < -0.3 is 5.32 Å². The SMILES string of the molecule is CCNC(Cc1ccccc1F)c1ccnn1CC. The van der Waals surface area contributed by atoms with Gasteiger partial charge in [0, 0.05) is 12.7 Å². The van der Waals surface area contributed by atoms with E-state index in [4.69, 9.17) is 0 Å². The molecule has 0 aliphatic heterocycles. The molecule has 4 heteroatoms. The Bertz CT molecular complexity index is 522. The summed E-state index contributed by atoms with van der Waals surface area (Å²) in [5.74, 6) is -0.145. The number of aromatic nitrogens is 2. The lowest BCUT2D eigenvalue weighted by atomic mass is 10.0. The zero-order chi connectivity index (χ0) is 13.7. The molecule has 1 atom stereocenters. The third-order valence-electron chi connectivity index (χ3n) is 3.24. The van der Waals surface area contributed by atoms with E-state index < -0.39 is 0 Å². The Morgan fingerprint density at radius 3 is 2.74 bits per heavy atom. The van der Waals surface area contributed by atoms with Gasteiger partial charge in [-0.15, -0.1) is 0 Å². The molecular formula is C15H20FN3. The zero-order valence-electron chi connectivity index (χ0n) is 11.4. The molecule has 1 aromatic carbocycles. The van der Waals surface area contributed by atoms with Gasteiger partial charge in [0.25, 0.3) is 0 Å². The molecule has 102 valence electrons. The number of hydrogen-bond acceptors (Lipinski definition) is 2. The minimum absolute atomic E-state index is 0.0874.